The van der Waals surface area contributed by atoms with E-state index < -0.39 is 28.2 Å². The summed E-state index contributed by atoms with van der Waals surface area (Å²) in [6.45, 7) is -1.57. The van der Waals surface area contributed by atoms with E-state index in [1.54, 1.807) is 13.0 Å². The second kappa shape index (κ2) is 9.78. The van der Waals surface area contributed by atoms with E-state index in [1.165, 1.54) is 18.3 Å². The maximum Gasteiger partial charge on any atom is 0.447 e. The number of ether oxygens (including phenoxy) is 3. The van der Waals surface area contributed by atoms with Crippen LogP contribution < -0.4 is 14.2 Å². The SMILES string of the molecule is Cc1cc(OCC=C(Cl)SC(F)(F)F)nc(Oc2ccnc(OC(F)F)c2)c1. The van der Waals surface area contributed by atoms with Crippen LogP contribution in [-0.2, 0) is 0 Å². The molecule has 0 radical (unpaired) electrons. The number of pyridine rings is 2. The molecule has 0 N–H and O–H groups in total. The lowest BCUT2D eigenvalue weighted by molar-refractivity contribution is -0.0529. The summed E-state index contributed by atoms with van der Waals surface area (Å²) in [5, 5.41) is 0. The molecule has 0 spiro atoms. The number of hydrogen-bond donors (Lipinski definition) is 0. The lowest BCUT2D eigenvalue weighted by Gasteiger charge is -2.10. The zero-order valence-electron chi connectivity index (χ0n) is 14.0. The van der Waals surface area contributed by atoms with Gasteiger partial charge in [0.2, 0.25) is 17.6 Å². The van der Waals surface area contributed by atoms with Gasteiger partial charge in [0, 0.05) is 24.4 Å². The van der Waals surface area contributed by atoms with Gasteiger partial charge in [-0.1, -0.05) is 11.6 Å². The summed E-state index contributed by atoms with van der Waals surface area (Å²) in [6.07, 6.45) is 2.26. The molecule has 12 heteroatoms. The molecule has 0 unspecified atom stereocenters. The van der Waals surface area contributed by atoms with E-state index in [-0.39, 0.29) is 30.0 Å². The highest BCUT2D eigenvalue weighted by molar-refractivity contribution is 8.05. The predicted octanol–water partition coefficient (Wildman–Crippen LogP) is 5.89. The summed E-state index contributed by atoms with van der Waals surface area (Å²) < 4.78 is 75.4. The number of thioether (sulfide) groups is 1. The lowest BCUT2D eigenvalue weighted by atomic mass is 10.3. The van der Waals surface area contributed by atoms with Crippen LogP contribution in [0.15, 0.2) is 40.9 Å². The number of aryl methyl sites for hydroxylation is 1. The quantitative estimate of drug-likeness (QED) is 0.475. The fraction of sp³-hybridized carbons (Fsp3) is 0.250. The Balaban J connectivity index is 2.04. The molecule has 0 bridgehead atoms. The third-order valence-corrected chi connectivity index (χ3v) is 3.73. The van der Waals surface area contributed by atoms with Crippen molar-refractivity contribution in [1.29, 1.82) is 0 Å². The fourth-order valence-electron chi connectivity index (χ4n) is 1.81. The monoisotopic (exact) mass is 442 g/mol. The van der Waals surface area contributed by atoms with E-state index >= 15 is 0 Å². The summed E-state index contributed by atoms with van der Waals surface area (Å²) in [5.41, 5.74) is -3.81. The summed E-state index contributed by atoms with van der Waals surface area (Å²) in [7, 11) is 0. The lowest BCUT2D eigenvalue weighted by Crippen LogP contribution is -2.03. The summed E-state index contributed by atoms with van der Waals surface area (Å²) >= 11 is 5.00. The maximum absolute atomic E-state index is 12.2. The molecule has 152 valence electrons. The second-order valence-corrected chi connectivity index (χ2v) is 6.74. The van der Waals surface area contributed by atoms with Crippen LogP contribution in [0.1, 0.15) is 5.56 Å². The van der Waals surface area contributed by atoms with Crippen molar-refractivity contribution in [1.82, 2.24) is 9.97 Å². The molecular weight excluding hydrogens is 431 g/mol. The minimum Gasteiger partial charge on any atom is -0.473 e. The number of aromatic nitrogens is 2. The Bertz CT molecular complexity index is 836. The van der Waals surface area contributed by atoms with Crippen molar-refractivity contribution < 1.29 is 36.2 Å². The van der Waals surface area contributed by atoms with Gasteiger partial charge >= 0.3 is 12.1 Å². The van der Waals surface area contributed by atoms with E-state index in [2.05, 4.69) is 14.7 Å². The Labute approximate surface area is 165 Å². The molecule has 0 saturated carbocycles. The van der Waals surface area contributed by atoms with Crippen molar-refractivity contribution in [2.24, 2.45) is 0 Å². The van der Waals surface area contributed by atoms with Crippen LogP contribution in [0.5, 0.6) is 23.4 Å². The molecule has 0 saturated heterocycles. The molecule has 2 aromatic rings. The normalized spacial score (nSPS) is 12.2. The van der Waals surface area contributed by atoms with Crippen molar-refractivity contribution in [2.75, 3.05) is 6.61 Å². The molecule has 2 aromatic heterocycles. The van der Waals surface area contributed by atoms with Gasteiger partial charge in [0.1, 0.15) is 12.4 Å². The van der Waals surface area contributed by atoms with Crippen LogP contribution >= 0.6 is 23.4 Å². The van der Waals surface area contributed by atoms with Crippen LogP contribution in [-0.4, -0.2) is 28.7 Å². The van der Waals surface area contributed by atoms with E-state index in [0.717, 1.165) is 12.1 Å². The molecule has 0 aliphatic heterocycles. The Morgan fingerprint density at radius 2 is 1.93 bits per heavy atom. The Hall–Kier alpha value is -2.27. The number of nitrogens with zero attached hydrogens (tertiary/aromatic N) is 2. The Morgan fingerprint density at radius 1 is 1.21 bits per heavy atom. The van der Waals surface area contributed by atoms with Crippen LogP contribution in [0.25, 0.3) is 0 Å². The smallest absolute Gasteiger partial charge is 0.447 e. The molecule has 5 nitrogen and oxygen atoms in total. The van der Waals surface area contributed by atoms with Crippen molar-refractivity contribution in [3.8, 4) is 23.4 Å². The topological polar surface area (TPSA) is 53.5 Å². The summed E-state index contributed by atoms with van der Waals surface area (Å²) in [6, 6.07) is 5.62. The molecule has 0 aromatic carbocycles. The molecular formula is C16H12ClF5N2O3S. The Morgan fingerprint density at radius 3 is 2.61 bits per heavy atom. The largest absolute Gasteiger partial charge is 0.473 e. The van der Waals surface area contributed by atoms with Gasteiger partial charge in [-0.05, 0) is 36.4 Å². The van der Waals surface area contributed by atoms with E-state index in [9.17, 15) is 22.0 Å². The van der Waals surface area contributed by atoms with Gasteiger partial charge in [-0.2, -0.15) is 26.9 Å². The predicted molar refractivity (Wildman–Crippen MR) is 93.0 cm³/mol. The molecule has 0 amide bonds. The third-order valence-electron chi connectivity index (χ3n) is 2.75. The average molecular weight is 443 g/mol. The standard InChI is InChI=1S/C16H12ClF5N2O3S/c1-9-6-13(25-5-3-11(17)28-16(20,21)22)24-14(7-9)26-10-2-4-23-12(8-10)27-15(18)19/h2-4,6-8,15H,5H2,1H3. The van der Waals surface area contributed by atoms with Gasteiger partial charge in [0.25, 0.3) is 0 Å². The minimum absolute atomic E-state index is 0.0731. The van der Waals surface area contributed by atoms with Gasteiger partial charge in [0.15, 0.2) is 0 Å². The van der Waals surface area contributed by atoms with Crippen molar-refractivity contribution in [2.45, 2.75) is 19.0 Å². The fourth-order valence-corrected chi connectivity index (χ4v) is 2.50. The molecule has 0 aliphatic rings. The van der Waals surface area contributed by atoms with E-state index in [4.69, 9.17) is 21.1 Å². The first kappa shape index (κ1) is 22.0. The molecule has 2 heterocycles. The maximum atomic E-state index is 12.2. The average Bonchev–Trinajstić information content (AvgIpc) is 2.52. The number of halogens is 6. The van der Waals surface area contributed by atoms with E-state index in [1.807, 2.05) is 0 Å². The molecule has 28 heavy (non-hydrogen) atoms. The first-order chi connectivity index (χ1) is 13.1. The highest BCUT2D eigenvalue weighted by Crippen LogP contribution is 2.38. The third kappa shape index (κ3) is 8.17. The Kier molecular flexibility index (Phi) is 7.69. The van der Waals surface area contributed by atoms with Gasteiger partial charge in [0.05, 0.1) is 4.36 Å². The second-order valence-electron chi connectivity index (χ2n) is 5.00. The van der Waals surface area contributed by atoms with Crippen LogP contribution in [0, 0.1) is 6.92 Å². The zero-order valence-corrected chi connectivity index (χ0v) is 15.6. The number of hydrogen-bond acceptors (Lipinski definition) is 6. The zero-order chi connectivity index (χ0) is 20.7. The highest BCUT2D eigenvalue weighted by Gasteiger charge is 2.29. The first-order valence-corrected chi connectivity index (χ1v) is 8.62. The summed E-state index contributed by atoms with van der Waals surface area (Å²) in [4.78, 5) is 7.65. The minimum atomic E-state index is -4.49. The molecule has 0 aliphatic carbocycles. The number of alkyl halides is 5. The van der Waals surface area contributed by atoms with Gasteiger partial charge in [-0.15, -0.1) is 0 Å². The number of rotatable bonds is 8. The summed E-state index contributed by atoms with van der Waals surface area (Å²) in [5.74, 6) is -0.0486. The molecule has 0 fully saturated rings. The van der Waals surface area contributed by atoms with Gasteiger partial charge < -0.3 is 14.2 Å². The highest BCUT2D eigenvalue weighted by atomic mass is 35.5. The van der Waals surface area contributed by atoms with Gasteiger partial charge in [-0.25, -0.2) is 4.98 Å². The van der Waals surface area contributed by atoms with Crippen LogP contribution in [0.4, 0.5) is 22.0 Å². The van der Waals surface area contributed by atoms with Crippen molar-refractivity contribution in [3.05, 3.63) is 46.5 Å². The van der Waals surface area contributed by atoms with Crippen LogP contribution in [0.2, 0.25) is 0 Å². The van der Waals surface area contributed by atoms with Crippen molar-refractivity contribution in [3.63, 3.8) is 0 Å². The first-order valence-electron chi connectivity index (χ1n) is 7.42. The molecule has 2 rings (SSSR count). The van der Waals surface area contributed by atoms with Crippen LogP contribution in [0.3, 0.4) is 0 Å². The molecule has 0 atom stereocenters. The van der Waals surface area contributed by atoms with Crippen molar-refractivity contribution >= 4 is 23.4 Å². The van der Waals surface area contributed by atoms with E-state index in [0.29, 0.717) is 5.56 Å². The van der Waals surface area contributed by atoms with Gasteiger partial charge in [-0.3, -0.25) is 0 Å².